The predicted molar refractivity (Wildman–Crippen MR) is 73.8 cm³/mol. The molecule has 0 saturated carbocycles. The Hall–Kier alpha value is -0.760. The van der Waals surface area contributed by atoms with E-state index >= 15 is 0 Å². The van der Waals surface area contributed by atoms with Crippen LogP contribution in [-0.4, -0.2) is 72.3 Å². The maximum absolute atomic E-state index is 12.2. The lowest BCUT2D eigenvalue weighted by Crippen LogP contribution is -2.36. The SMILES string of the molecule is COCCN1CCCN(C(=O)c2nnc(Cl)s2)CC1. The van der Waals surface area contributed by atoms with Crippen LogP contribution in [0.4, 0.5) is 0 Å². The van der Waals surface area contributed by atoms with Gasteiger partial charge in [-0.25, -0.2) is 0 Å². The topological polar surface area (TPSA) is 58.6 Å². The van der Waals surface area contributed by atoms with Crippen LogP contribution < -0.4 is 0 Å². The van der Waals surface area contributed by atoms with Gasteiger partial charge in [0.15, 0.2) is 0 Å². The Labute approximate surface area is 121 Å². The van der Waals surface area contributed by atoms with Crippen molar-refractivity contribution >= 4 is 28.8 Å². The highest BCUT2D eigenvalue weighted by Gasteiger charge is 2.22. The van der Waals surface area contributed by atoms with E-state index in [2.05, 4.69) is 15.1 Å². The zero-order valence-corrected chi connectivity index (χ0v) is 12.4. The third-order valence-corrected chi connectivity index (χ3v) is 4.08. The van der Waals surface area contributed by atoms with Crippen LogP contribution in [0.2, 0.25) is 4.47 Å². The molecule has 1 aliphatic heterocycles. The fourth-order valence-electron chi connectivity index (χ4n) is 2.05. The van der Waals surface area contributed by atoms with E-state index in [1.807, 2.05) is 4.90 Å². The Morgan fingerprint density at radius 3 is 2.89 bits per heavy atom. The molecule has 19 heavy (non-hydrogen) atoms. The van der Waals surface area contributed by atoms with Gasteiger partial charge in [0.05, 0.1) is 6.61 Å². The summed E-state index contributed by atoms with van der Waals surface area (Å²) in [6.45, 7) is 4.94. The number of carbonyl (C=O) groups is 1. The van der Waals surface area contributed by atoms with Gasteiger partial charge in [-0.2, -0.15) is 0 Å². The smallest absolute Gasteiger partial charge is 0.284 e. The zero-order valence-electron chi connectivity index (χ0n) is 10.8. The number of hydrogen-bond acceptors (Lipinski definition) is 6. The molecule has 6 nitrogen and oxygen atoms in total. The first-order valence-electron chi connectivity index (χ1n) is 6.20. The standard InChI is InChI=1S/C11H17ClN4O2S/c1-18-8-7-15-3-2-4-16(6-5-15)10(17)9-13-14-11(12)19-9/h2-8H2,1H3. The quantitative estimate of drug-likeness (QED) is 0.830. The molecule has 1 aliphatic rings. The number of aromatic nitrogens is 2. The fourth-order valence-corrected chi connectivity index (χ4v) is 2.84. The Kier molecular flexibility index (Phi) is 5.50. The van der Waals surface area contributed by atoms with Crippen LogP contribution in [-0.2, 0) is 4.74 Å². The lowest BCUT2D eigenvalue weighted by molar-refractivity contribution is 0.0758. The fraction of sp³-hybridized carbons (Fsp3) is 0.727. The monoisotopic (exact) mass is 304 g/mol. The normalized spacial score (nSPS) is 17.5. The maximum Gasteiger partial charge on any atom is 0.284 e. The van der Waals surface area contributed by atoms with Gasteiger partial charge in [0.1, 0.15) is 0 Å². The van der Waals surface area contributed by atoms with Gasteiger partial charge in [-0.3, -0.25) is 9.69 Å². The van der Waals surface area contributed by atoms with Crippen molar-refractivity contribution in [3.8, 4) is 0 Å². The van der Waals surface area contributed by atoms with Crippen molar-refractivity contribution in [3.05, 3.63) is 9.47 Å². The summed E-state index contributed by atoms with van der Waals surface area (Å²) >= 11 is 6.84. The van der Waals surface area contributed by atoms with Gasteiger partial charge < -0.3 is 9.64 Å². The van der Waals surface area contributed by atoms with Gasteiger partial charge in [0.25, 0.3) is 5.91 Å². The molecule has 8 heteroatoms. The number of ether oxygens (including phenoxy) is 1. The van der Waals surface area contributed by atoms with Crippen molar-refractivity contribution in [2.24, 2.45) is 0 Å². The molecule has 106 valence electrons. The maximum atomic E-state index is 12.2. The minimum atomic E-state index is -0.0713. The van der Waals surface area contributed by atoms with E-state index in [1.54, 1.807) is 7.11 Å². The number of methoxy groups -OCH3 is 1. The minimum Gasteiger partial charge on any atom is -0.383 e. The zero-order chi connectivity index (χ0) is 13.7. The summed E-state index contributed by atoms with van der Waals surface area (Å²) in [4.78, 5) is 16.4. The molecule has 1 amide bonds. The molecular weight excluding hydrogens is 288 g/mol. The van der Waals surface area contributed by atoms with Gasteiger partial charge >= 0.3 is 0 Å². The molecule has 0 N–H and O–H groups in total. The first-order chi connectivity index (χ1) is 9.20. The molecule has 2 heterocycles. The van der Waals surface area contributed by atoms with Gasteiger partial charge in [-0.05, 0) is 24.6 Å². The summed E-state index contributed by atoms with van der Waals surface area (Å²) in [5, 5.41) is 7.84. The highest BCUT2D eigenvalue weighted by Crippen LogP contribution is 2.17. The van der Waals surface area contributed by atoms with E-state index in [0.29, 0.717) is 16.0 Å². The van der Waals surface area contributed by atoms with Crippen molar-refractivity contribution in [2.45, 2.75) is 6.42 Å². The lowest BCUT2D eigenvalue weighted by atomic mass is 10.4. The largest absolute Gasteiger partial charge is 0.383 e. The van der Waals surface area contributed by atoms with Crippen LogP contribution in [0.1, 0.15) is 16.2 Å². The van der Waals surface area contributed by atoms with Crippen LogP contribution in [0.15, 0.2) is 0 Å². The van der Waals surface area contributed by atoms with Crippen LogP contribution in [0.5, 0.6) is 0 Å². The lowest BCUT2D eigenvalue weighted by Gasteiger charge is -2.20. The highest BCUT2D eigenvalue weighted by molar-refractivity contribution is 7.17. The number of amides is 1. The second-order valence-electron chi connectivity index (χ2n) is 4.34. The molecule has 0 aromatic carbocycles. The predicted octanol–water partition coefficient (Wildman–Crippen LogP) is 0.986. The van der Waals surface area contributed by atoms with E-state index in [4.69, 9.17) is 16.3 Å². The number of nitrogens with zero attached hydrogens (tertiary/aromatic N) is 4. The number of carbonyl (C=O) groups excluding carboxylic acids is 1. The van der Waals surface area contributed by atoms with Gasteiger partial charge in [-0.15, -0.1) is 10.2 Å². The molecule has 1 fully saturated rings. The van der Waals surface area contributed by atoms with E-state index in [9.17, 15) is 4.79 Å². The highest BCUT2D eigenvalue weighted by atomic mass is 35.5. The van der Waals surface area contributed by atoms with Crippen molar-refractivity contribution in [2.75, 3.05) is 46.4 Å². The molecule has 0 radical (unpaired) electrons. The van der Waals surface area contributed by atoms with Crippen molar-refractivity contribution < 1.29 is 9.53 Å². The molecule has 1 aromatic rings. The summed E-state index contributed by atoms with van der Waals surface area (Å²) in [7, 11) is 1.70. The van der Waals surface area contributed by atoms with Crippen molar-refractivity contribution in [1.29, 1.82) is 0 Å². The molecule has 0 unspecified atom stereocenters. The van der Waals surface area contributed by atoms with Gasteiger partial charge in [-0.1, -0.05) is 11.3 Å². The van der Waals surface area contributed by atoms with Gasteiger partial charge in [0.2, 0.25) is 9.47 Å². The molecule has 1 aromatic heterocycles. The van der Waals surface area contributed by atoms with Crippen LogP contribution in [0.25, 0.3) is 0 Å². The van der Waals surface area contributed by atoms with Crippen LogP contribution in [0, 0.1) is 0 Å². The van der Waals surface area contributed by atoms with E-state index in [0.717, 1.165) is 50.5 Å². The van der Waals surface area contributed by atoms with E-state index < -0.39 is 0 Å². The second-order valence-corrected chi connectivity index (χ2v) is 5.90. The van der Waals surface area contributed by atoms with E-state index in [1.165, 1.54) is 0 Å². The molecule has 2 rings (SSSR count). The molecule has 0 aliphatic carbocycles. The Bertz CT molecular complexity index is 429. The Morgan fingerprint density at radius 1 is 1.37 bits per heavy atom. The van der Waals surface area contributed by atoms with Crippen molar-refractivity contribution in [3.63, 3.8) is 0 Å². The third kappa shape index (κ3) is 4.10. The van der Waals surface area contributed by atoms with E-state index in [-0.39, 0.29) is 5.91 Å². The number of halogens is 1. The molecular formula is C11H17ClN4O2S. The van der Waals surface area contributed by atoms with Crippen LogP contribution in [0.3, 0.4) is 0 Å². The number of hydrogen-bond donors (Lipinski definition) is 0. The molecule has 0 spiro atoms. The summed E-state index contributed by atoms with van der Waals surface area (Å²) in [5.41, 5.74) is 0. The summed E-state index contributed by atoms with van der Waals surface area (Å²) in [6.07, 6.45) is 0.960. The Balaban J connectivity index is 1.90. The van der Waals surface area contributed by atoms with Gasteiger partial charge in [0, 0.05) is 33.3 Å². The third-order valence-electron chi connectivity index (χ3n) is 3.07. The van der Waals surface area contributed by atoms with Crippen LogP contribution >= 0.6 is 22.9 Å². The first kappa shape index (κ1) is 14.6. The molecule has 1 saturated heterocycles. The average molecular weight is 305 g/mol. The summed E-state index contributed by atoms with van der Waals surface area (Å²) in [6, 6.07) is 0. The summed E-state index contributed by atoms with van der Waals surface area (Å²) in [5.74, 6) is -0.0713. The minimum absolute atomic E-state index is 0.0713. The molecule has 0 bridgehead atoms. The van der Waals surface area contributed by atoms with Crippen molar-refractivity contribution in [1.82, 2.24) is 20.0 Å². The number of rotatable bonds is 4. The summed E-state index contributed by atoms with van der Waals surface area (Å²) < 4.78 is 5.38. The Morgan fingerprint density at radius 2 is 2.21 bits per heavy atom. The molecule has 0 atom stereocenters. The first-order valence-corrected chi connectivity index (χ1v) is 7.39. The second kappa shape index (κ2) is 7.14. The average Bonchev–Trinajstić information content (AvgIpc) is 2.71.